The molecule has 0 aliphatic heterocycles. The minimum Gasteiger partial charge on any atom is -0.483 e. The fraction of sp³-hybridized carbons (Fsp3) is 0.500. The second-order valence-electron chi connectivity index (χ2n) is 5.44. The average molecular weight is 330 g/mol. The first-order chi connectivity index (χ1) is 8.69. The van der Waals surface area contributed by atoms with E-state index in [1.807, 2.05) is 26.8 Å². The molecule has 106 valence electrons. The molecule has 1 atom stereocenters. The molecule has 0 aliphatic carbocycles. The Morgan fingerprint density at radius 3 is 2.63 bits per heavy atom. The maximum atomic E-state index is 11.7. The van der Waals surface area contributed by atoms with Crippen molar-refractivity contribution in [2.45, 2.75) is 39.3 Å². The molecule has 0 bridgehead atoms. The molecule has 1 amide bonds. The molecule has 0 heterocycles. The first-order valence-corrected chi connectivity index (χ1v) is 6.89. The molecule has 0 radical (unpaired) electrons. The zero-order valence-corrected chi connectivity index (χ0v) is 13.2. The lowest BCUT2D eigenvalue weighted by Gasteiger charge is -2.21. The SMILES string of the molecule is CC(O)c1cc(Br)ccc1OCC(=O)NC(C)(C)C. The van der Waals surface area contributed by atoms with Crippen LogP contribution in [-0.2, 0) is 4.79 Å². The molecule has 0 saturated carbocycles. The fourth-order valence-electron chi connectivity index (χ4n) is 1.57. The van der Waals surface area contributed by atoms with Crippen LogP contribution in [0.1, 0.15) is 39.4 Å². The topological polar surface area (TPSA) is 58.6 Å². The summed E-state index contributed by atoms with van der Waals surface area (Å²) >= 11 is 3.34. The Hall–Kier alpha value is -1.07. The van der Waals surface area contributed by atoms with Gasteiger partial charge in [-0.25, -0.2) is 0 Å². The third kappa shape index (κ3) is 5.61. The van der Waals surface area contributed by atoms with Gasteiger partial charge in [-0.3, -0.25) is 4.79 Å². The Balaban J connectivity index is 2.70. The van der Waals surface area contributed by atoms with Crippen LogP contribution >= 0.6 is 15.9 Å². The lowest BCUT2D eigenvalue weighted by molar-refractivity contribution is -0.124. The molecular formula is C14H20BrNO3. The van der Waals surface area contributed by atoms with Crippen molar-refractivity contribution < 1.29 is 14.6 Å². The number of benzene rings is 1. The molecule has 1 unspecified atom stereocenters. The smallest absolute Gasteiger partial charge is 0.258 e. The molecule has 1 aromatic rings. The molecule has 1 aromatic carbocycles. The van der Waals surface area contributed by atoms with Crippen molar-refractivity contribution in [3.63, 3.8) is 0 Å². The number of amides is 1. The van der Waals surface area contributed by atoms with Gasteiger partial charge in [0.2, 0.25) is 0 Å². The molecule has 0 aliphatic rings. The van der Waals surface area contributed by atoms with Crippen LogP contribution in [0.5, 0.6) is 5.75 Å². The maximum absolute atomic E-state index is 11.7. The van der Waals surface area contributed by atoms with Gasteiger partial charge in [0, 0.05) is 15.6 Å². The van der Waals surface area contributed by atoms with Crippen LogP contribution in [0.4, 0.5) is 0 Å². The molecule has 0 aromatic heterocycles. The quantitative estimate of drug-likeness (QED) is 0.892. The van der Waals surface area contributed by atoms with Crippen LogP contribution in [0, 0.1) is 0 Å². The van der Waals surface area contributed by atoms with E-state index in [9.17, 15) is 9.90 Å². The van der Waals surface area contributed by atoms with E-state index >= 15 is 0 Å². The van der Waals surface area contributed by atoms with Gasteiger partial charge in [-0.2, -0.15) is 0 Å². The van der Waals surface area contributed by atoms with Crippen LogP contribution in [0.3, 0.4) is 0 Å². The van der Waals surface area contributed by atoms with E-state index in [-0.39, 0.29) is 18.1 Å². The van der Waals surface area contributed by atoms with Gasteiger partial charge in [-0.1, -0.05) is 15.9 Å². The third-order valence-electron chi connectivity index (χ3n) is 2.30. The summed E-state index contributed by atoms with van der Waals surface area (Å²) in [5, 5.41) is 12.5. The summed E-state index contributed by atoms with van der Waals surface area (Å²) in [5.74, 6) is 0.328. The van der Waals surface area contributed by atoms with Gasteiger partial charge in [0.15, 0.2) is 6.61 Å². The van der Waals surface area contributed by atoms with Crippen molar-refractivity contribution in [3.05, 3.63) is 28.2 Å². The number of hydrogen-bond donors (Lipinski definition) is 2. The third-order valence-corrected chi connectivity index (χ3v) is 2.79. The second-order valence-corrected chi connectivity index (χ2v) is 6.36. The van der Waals surface area contributed by atoms with Gasteiger partial charge in [0.1, 0.15) is 5.75 Å². The Labute approximate surface area is 122 Å². The predicted octanol–water partition coefficient (Wildman–Crippen LogP) is 2.80. The van der Waals surface area contributed by atoms with E-state index in [1.165, 1.54) is 0 Å². The number of halogens is 1. The van der Waals surface area contributed by atoms with Crippen molar-refractivity contribution in [3.8, 4) is 5.75 Å². The summed E-state index contributed by atoms with van der Waals surface area (Å²) in [6, 6.07) is 5.32. The average Bonchev–Trinajstić information content (AvgIpc) is 2.24. The summed E-state index contributed by atoms with van der Waals surface area (Å²) in [7, 11) is 0. The molecule has 5 heteroatoms. The maximum Gasteiger partial charge on any atom is 0.258 e. The van der Waals surface area contributed by atoms with E-state index in [0.717, 1.165) is 4.47 Å². The van der Waals surface area contributed by atoms with Crippen LogP contribution in [0.25, 0.3) is 0 Å². The number of aliphatic hydroxyl groups excluding tert-OH is 1. The molecule has 0 saturated heterocycles. The highest BCUT2D eigenvalue weighted by atomic mass is 79.9. The van der Waals surface area contributed by atoms with Gasteiger partial charge in [-0.15, -0.1) is 0 Å². The van der Waals surface area contributed by atoms with Crippen LogP contribution in [0.2, 0.25) is 0 Å². The zero-order chi connectivity index (χ0) is 14.6. The Morgan fingerprint density at radius 2 is 2.11 bits per heavy atom. The zero-order valence-electron chi connectivity index (χ0n) is 11.7. The highest BCUT2D eigenvalue weighted by Crippen LogP contribution is 2.28. The Morgan fingerprint density at radius 1 is 1.47 bits per heavy atom. The Bertz CT molecular complexity index is 452. The number of nitrogens with one attached hydrogen (secondary N) is 1. The largest absolute Gasteiger partial charge is 0.483 e. The highest BCUT2D eigenvalue weighted by Gasteiger charge is 2.15. The first-order valence-electron chi connectivity index (χ1n) is 6.10. The fourth-order valence-corrected chi connectivity index (χ4v) is 1.95. The van der Waals surface area contributed by atoms with Gasteiger partial charge < -0.3 is 15.2 Å². The van der Waals surface area contributed by atoms with E-state index < -0.39 is 6.10 Å². The Kier molecular flexibility index (Phi) is 5.38. The minimum absolute atomic E-state index is 0.0708. The van der Waals surface area contributed by atoms with Crippen molar-refractivity contribution in [1.82, 2.24) is 5.32 Å². The second kappa shape index (κ2) is 6.39. The number of carbonyl (C=O) groups is 1. The lowest BCUT2D eigenvalue weighted by Crippen LogP contribution is -2.43. The van der Waals surface area contributed by atoms with E-state index in [2.05, 4.69) is 21.2 Å². The van der Waals surface area contributed by atoms with E-state index in [1.54, 1.807) is 19.1 Å². The summed E-state index contributed by atoms with van der Waals surface area (Å²) < 4.78 is 6.32. The van der Waals surface area contributed by atoms with Crippen molar-refractivity contribution in [1.29, 1.82) is 0 Å². The molecule has 19 heavy (non-hydrogen) atoms. The minimum atomic E-state index is -0.654. The number of ether oxygens (including phenoxy) is 1. The van der Waals surface area contributed by atoms with Crippen LogP contribution in [-0.4, -0.2) is 23.2 Å². The van der Waals surface area contributed by atoms with Crippen molar-refractivity contribution in [2.24, 2.45) is 0 Å². The number of hydrogen-bond acceptors (Lipinski definition) is 3. The monoisotopic (exact) mass is 329 g/mol. The predicted molar refractivity (Wildman–Crippen MR) is 78.2 cm³/mol. The highest BCUT2D eigenvalue weighted by molar-refractivity contribution is 9.10. The van der Waals surface area contributed by atoms with Crippen LogP contribution < -0.4 is 10.1 Å². The van der Waals surface area contributed by atoms with Gasteiger partial charge in [-0.05, 0) is 45.9 Å². The lowest BCUT2D eigenvalue weighted by atomic mass is 10.1. The first kappa shape index (κ1) is 16.0. The summed E-state index contributed by atoms with van der Waals surface area (Å²) in [6.45, 7) is 7.31. The van der Waals surface area contributed by atoms with E-state index in [4.69, 9.17) is 4.74 Å². The standard InChI is InChI=1S/C14H20BrNO3/c1-9(17)11-7-10(15)5-6-12(11)19-8-13(18)16-14(2,3)4/h5-7,9,17H,8H2,1-4H3,(H,16,18). The normalized spacial score (nSPS) is 12.9. The van der Waals surface area contributed by atoms with E-state index in [0.29, 0.717) is 11.3 Å². The van der Waals surface area contributed by atoms with Gasteiger partial charge in [0.05, 0.1) is 6.10 Å². The van der Waals surface area contributed by atoms with Crippen molar-refractivity contribution in [2.75, 3.05) is 6.61 Å². The summed E-state index contributed by atoms with van der Waals surface area (Å²) in [4.78, 5) is 11.7. The van der Waals surface area contributed by atoms with Gasteiger partial charge >= 0.3 is 0 Å². The molecule has 4 nitrogen and oxygen atoms in total. The number of aliphatic hydroxyl groups is 1. The molecular weight excluding hydrogens is 310 g/mol. The summed E-state index contributed by atoms with van der Waals surface area (Å²) in [5.41, 5.74) is 0.366. The molecule has 0 spiro atoms. The van der Waals surface area contributed by atoms with Gasteiger partial charge in [0.25, 0.3) is 5.91 Å². The number of rotatable bonds is 4. The van der Waals surface area contributed by atoms with Crippen molar-refractivity contribution >= 4 is 21.8 Å². The molecule has 1 rings (SSSR count). The summed E-state index contributed by atoms with van der Waals surface area (Å²) in [6.07, 6.45) is -0.654. The van der Waals surface area contributed by atoms with Crippen LogP contribution in [0.15, 0.2) is 22.7 Å². The molecule has 2 N–H and O–H groups in total. The molecule has 0 fully saturated rings. The number of carbonyl (C=O) groups excluding carboxylic acids is 1.